The zero-order chi connectivity index (χ0) is 25.1. The molecule has 2 aliphatic carbocycles. The maximum Gasteiger partial charge on any atom is 0.319 e. The molecule has 36 heavy (non-hydrogen) atoms. The smallest absolute Gasteiger partial charge is 0.319 e. The highest BCUT2D eigenvalue weighted by molar-refractivity contribution is 6.03. The molecular formula is C29H36N2O5. The maximum absolute atomic E-state index is 13.6. The molecule has 7 nitrogen and oxygen atoms in total. The van der Waals surface area contributed by atoms with Gasteiger partial charge in [0.2, 0.25) is 5.91 Å². The van der Waals surface area contributed by atoms with Crippen molar-refractivity contribution < 1.29 is 24.2 Å². The summed E-state index contributed by atoms with van der Waals surface area (Å²) in [5.41, 5.74) is 0.921. The standard InChI is InChI=1S/C29H36N2O5/c1-35-25-13-12-22(19-26(25)36-24-10-5-6-11-24)30-16-17-31(27(32)29(28(33)34)14-7-15-29)23(20-30)18-21-8-3-2-4-9-21/h2-4,8-9,12-13,19,23-24H,5-7,10-11,14-18,20H2,1H3,(H,33,34). The number of carboxylic acid groups (broad SMARTS) is 1. The van der Waals surface area contributed by atoms with Gasteiger partial charge in [0, 0.05) is 31.4 Å². The predicted molar refractivity (Wildman–Crippen MR) is 138 cm³/mol. The second-order valence-electron chi connectivity index (χ2n) is 10.4. The molecule has 0 bridgehead atoms. The van der Waals surface area contributed by atoms with Crippen molar-refractivity contribution in [3.8, 4) is 11.5 Å². The number of piperazine rings is 1. The van der Waals surface area contributed by atoms with Crippen molar-refractivity contribution in [1.29, 1.82) is 0 Å². The van der Waals surface area contributed by atoms with Crippen molar-refractivity contribution in [2.24, 2.45) is 5.41 Å². The highest BCUT2D eigenvalue weighted by Gasteiger charge is 2.54. The second-order valence-corrected chi connectivity index (χ2v) is 10.4. The zero-order valence-corrected chi connectivity index (χ0v) is 21.0. The van der Waals surface area contributed by atoms with Gasteiger partial charge in [-0.1, -0.05) is 36.8 Å². The Morgan fingerprint density at radius 3 is 2.39 bits per heavy atom. The molecular weight excluding hydrogens is 456 g/mol. The first kappa shape index (κ1) is 24.5. The number of amides is 1. The van der Waals surface area contributed by atoms with Crippen molar-refractivity contribution in [2.45, 2.75) is 63.5 Å². The zero-order valence-electron chi connectivity index (χ0n) is 21.0. The van der Waals surface area contributed by atoms with E-state index in [-0.39, 0.29) is 18.1 Å². The van der Waals surface area contributed by atoms with Gasteiger partial charge in [0.15, 0.2) is 11.5 Å². The van der Waals surface area contributed by atoms with Crippen LogP contribution in [0.2, 0.25) is 0 Å². The molecule has 0 spiro atoms. The number of aliphatic carboxylic acids is 1. The maximum atomic E-state index is 13.6. The largest absolute Gasteiger partial charge is 0.493 e. The Labute approximate surface area is 213 Å². The van der Waals surface area contributed by atoms with Crippen molar-refractivity contribution >= 4 is 17.6 Å². The Balaban J connectivity index is 1.39. The number of methoxy groups -OCH3 is 1. The number of ether oxygens (including phenoxy) is 2. The van der Waals surface area contributed by atoms with Crippen LogP contribution in [0.3, 0.4) is 0 Å². The van der Waals surface area contributed by atoms with Gasteiger partial charge >= 0.3 is 5.97 Å². The molecule has 3 fully saturated rings. The van der Waals surface area contributed by atoms with Gasteiger partial charge in [-0.3, -0.25) is 9.59 Å². The topological polar surface area (TPSA) is 79.3 Å². The Kier molecular flexibility index (Phi) is 7.08. The van der Waals surface area contributed by atoms with Crippen LogP contribution in [0, 0.1) is 5.41 Å². The first-order valence-electron chi connectivity index (χ1n) is 13.2. The normalized spacial score (nSPS) is 21.6. The van der Waals surface area contributed by atoms with E-state index in [0.717, 1.165) is 42.0 Å². The fourth-order valence-electron chi connectivity index (χ4n) is 5.88. The van der Waals surface area contributed by atoms with Crippen LogP contribution in [0.4, 0.5) is 5.69 Å². The van der Waals surface area contributed by atoms with Crippen LogP contribution in [0.1, 0.15) is 50.5 Å². The summed E-state index contributed by atoms with van der Waals surface area (Å²) < 4.78 is 11.9. The minimum absolute atomic E-state index is 0.119. The molecule has 1 unspecified atom stereocenters. The number of carboxylic acids is 1. The molecule has 3 aliphatic rings. The van der Waals surface area contributed by atoms with E-state index < -0.39 is 11.4 Å². The minimum atomic E-state index is -1.25. The monoisotopic (exact) mass is 492 g/mol. The van der Waals surface area contributed by atoms with E-state index in [9.17, 15) is 14.7 Å². The number of hydrogen-bond acceptors (Lipinski definition) is 5. The highest BCUT2D eigenvalue weighted by atomic mass is 16.5. The average molecular weight is 493 g/mol. The van der Waals surface area contributed by atoms with E-state index in [4.69, 9.17) is 9.47 Å². The van der Waals surface area contributed by atoms with Gasteiger partial charge in [-0.15, -0.1) is 0 Å². The Morgan fingerprint density at radius 1 is 1.00 bits per heavy atom. The van der Waals surface area contributed by atoms with E-state index in [2.05, 4.69) is 23.1 Å². The van der Waals surface area contributed by atoms with Crippen LogP contribution in [-0.4, -0.2) is 60.8 Å². The third-order valence-corrected chi connectivity index (χ3v) is 8.19. The fourth-order valence-corrected chi connectivity index (χ4v) is 5.88. The van der Waals surface area contributed by atoms with Crippen LogP contribution in [-0.2, 0) is 16.0 Å². The summed E-state index contributed by atoms with van der Waals surface area (Å²) in [6, 6.07) is 16.1. The summed E-state index contributed by atoms with van der Waals surface area (Å²) in [4.78, 5) is 29.8. The van der Waals surface area contributed by atoms with E-state index >= 15 is 0 Å². The molecule has 0 aromatic heterocycles. The van der Waals surface area contributed by atoms with Crippen molar-refractivity contribution in [3.63, 3.8) is 0 Å². The average Bonchev–Trinajstić information content (AvgIpc) is 3.37. The van der Waals surface area contributed by atoms with E-state index in [1.807, 2.05) is 35.2 Å². The number of rotatable bonds is 8. The number of carbonyl (C=O) groups excluding carboxylic acids is 1. The number of carbonyl (C=O) groups is 2. The molecule has 1 aliphatic heterocycles. The van der Waals surface area contributed by atoms with Gasteiger partial charge in [0.25, 0.3) is 0 Å². The molecule has 7 heteroatoms. The van der Waals surface area contributed by atoms with Crippen molar-refractivity contribution in [1.82, 2.24) is 4.90 Å². The van der Waals surface area contributed by atoms with E-state index in [1.54, 1.807) is 7.11 Å². The van der Waals surface area contributed by atoms with E-state index in [0.29, 0.717) is 38.9 Å². The molecule has 1 heterocycles. The van der Waals surface area contributed by atoms with Gasteiger partial charge in [-0.05, 0) is 62.6 Å². The summed E-state index contributed by atoms with van der Waals surface area (Å²) in [6.45, 7) is 1.77. The van der Waals surface area contributed by atoms with Crippen LogP contribution >= 0.6 is 0 Å². The quantitative estimate of drug-likeness (QED) is 0.546. The van der Waals surface area contributed by atoms with Gasteiger partial charge in [0.05, 0.1) is 19.3 Å². The first-order chi connectivity index (χ1) is 17.5. The Morgan fingerprint density at radius 2 is 1.75 bits per heavy atom. The molecule has 1 amide bonds. The van der Waals surface area contributed by atoms with Crippen molar-refractivity contribution in [2.75, 3.05) is 31.6 Å². The molecule has 1 saturated heterocycles. The number of hydrogen-bond donors (Lipinski definition) is 1. The third kappa shape index (κ3) is 4.75. The van der Waals surface area contributed by atoms with Crippen LogP contribution in [0.5, 0.6) is 11.5 Å². The molecule has 2 aromatic carbocycles. The molecule has 0 radical (unpaired) electrons. The van der Waals surface area contributed by atoms with Crippen LogP contribution in [0.15, 0.2) is 48.5 Å². The summed E-state index contributed by atoms with van der Waals surface area (Å²) in [6.07, 6.45) is 7.08. The SMILES string of the molecule is COc1ccc(N2CCN(C(=O)C3(C(=O)O)CCC3)C(Cc3ccccc3)C2)cc1OC1CCCC1. The Bertz CT molecular complexity index is 1080. The lowest BCUT2D eigenvalue weighted by Crippen LogP contribution is -2.62. The molecule has 1 atom stereocenters. The lowest BCUT2D eigenvalue weighted by atomic mass is 9.67. The number of nitrogens with zero attached hydrogens (tertiary/aromatic N) is 2. The fraction of sp³-hybridized carbons (Fsp3) is 0.517. The second kappa shape index (κ2) is 10.4. The summed E-state index contributed by atoms with van der Waals surface area (Å²) in [5.74, 6) is 0.290. The van der Waals surface area contributed by atoms with Crippen molar-refractivity contribution in [3.05, 3.63) is 54.1 Å². The molecule has 2 aromatic rings. The number of benzene rings is 2. The van der Waals surface area contributed by atoms with Gasteiger partial charge in [-0.25, -0.2) is 0 Å². The summed E-state index contributed by atoms with van der Waals surface area (Å²) in [7, 11) is 1.66. The Hall–Kier alpha value is -3.22. The molecule has 5 rings (SSSR count). The summed E-state index contributed by atoms with van der Waals surface area (Å²) in [5, 5.41) is 9.90. The van der Waals surface area contributed by atoms with E-state index in [1.165, 1.54) is 12.8 Å². The minimum Gasteiger partial charge on any atom is -0.493 e. The van der Waals surface area contributed by atoms with Crippen LogP contribution < -0.4 is 14.4 Å². The summed E-state index contributed by atoms with van der Waals surface area (Å²) >= 11 is 0. The first-order valence-corrected chi connectivity index (χ1v) is 13.2. The lowest BCUT2D eigenvalue weighted by molar-refractivity contribution is -0.169. The molecule has 1 N–H and O–H groups in total. The van der Waals surface area contributed by atoms with Gasteiger partial charge in [0.1, 0.15) is 5.41 Å². The van der Waals surface area contributed by atoms with Crippen LogP contribution in [0.25, 0.3) is 0 Å². The third-order valence-electron chi connectivity index (χ3n) is 8.19. The van der Waals surface area contributed by atoms with Gasteiger partial charge in [-0.2, -0.15) is 0 Å². The lowest BCUT2D eigenvalue weighted by Gasteiger charge is -2.47. The van der Waals surface area contributed by atoms with Gasteiger partial charge < -0.3 is 24.4 Å². The molecule has 192 valence electrons. The predicted octanol–water partition coefficient (Wildman–Crippen LogP) is 4.53. The number of anilines is 1. The molecule has 2 saturated carbocycles. The highest BCUT2D eigenvalue weighted by Crippen LogP contribution is 2.44.